The van der Waals surface area contributed by atoms with Crippen molar-refractivity contribution in [3.05, 3.63) is 35.4 Å². The van der Waals surface area contributed by atoms with Crippen molar-refractivity contribution in [3.63, 3.8) is 0 Å². The van der Waals surface area contributed by atoms with Gasteiger partial charge in [0.25, 0.3) is 0 Å². The van der Waals surface area contributed by atoms with E-state index in [1.807, 2.05) is 24.3 Å². The second-order valence-corrected chi connectivity index (χ2v) is 7.97. The van der Waals surface area contributed by atoms with Crippen molar-refractivity contribution in [1.29, 1.82) is 0 Å². The Kier molecular flexibility index (Phi) is 8.91. The Labute approximate surface area is 196 Å². The highest BCUT2D eigenvalue weighted by molar-refractivity contribution is 5.54. The molecule has 1 heterocycles. The molecule has 0 N–H and O–H groups in total. The summed E-state index contributed by atoms with van der Waals surface area (Å²) in [4.78, 5) is 4.94. The van der Waals surface area contributed by atoms with E-state index in [4.69, 9.17) is 28.4 Å². The van der Waals surface area contributed by atoms with Gasteiger partial charge in [0, 0.05) is 26.2 Å². The van der Waals surface area contributed by atoms with Gasteiger partial charge in [-0.3, -0.25) is 9.80 Å². The summed E-state index contributed by atoms with van der Waals surface area (Å²) >= 11 is 0. The maximum absolute atomic E-state index is 5.51. The zero-order valence-corrected chi connectivity index (χ0v) is 20.6. The molecule has 0 aliphatic carbocycles. The first-order chi connectivity index (χ1) is 16.1. The average Bonchev–Trinajstić information content (AvgIpc) is 3.07. The summed E-state index contributed by atoms with van der Waals surface area (Å²) in [6.45, 7) is 5.66. The van der Waals surface area contributed by atoms with Gasteiger partial charge < -0.3 is 28.4 Å². The summed E-state index contributed by atoms with van der Waals surface area (Å²) in [5, 5.41) is 0. The van der Waals surface area contributed by atoms with Gasteiger partial charge in [-0.25, -0.2) is 0 Å². The van der Waals surface area contributed by atoms with Crippen molar-refractivity contribution in [1.82, 2.24) is 9.80 Å². The molecule has 1 aliphatic heterocycles. The van der Waals surface area contributed by atoms with Crippen molar-refractivity contribution in [3.8, 4) is 34.5 Å². The third-order valence-electron chi connectivity index (χ3n) is 5.94. The van der Waals surface area contributed by atoms with Gasteiger partial charge in [-0.1, -0.05) is 0 Å². The van der Waals surface area contributed by atoms with Gasteiger partial charge in [-0.15, -0.1) is 0 Å². The lowest BCUT2D eigenvalue weighted by Crippen LogP contribution is -2.30. The van der Waals surface area contributed by atoms with E-state index in [1.165, 1.54) is 0 Å². The molecule has 0 spiro atoms. The quantitative estimate of drug-likeness (QED) is 0.534. The average molecular weight is 461 g/mol. The summed E-state index contributed by atoms with van der Waals surface area (Å²) in [7, 11) is 9.83. The minimum absolute atomic E-state index is 0.621. The van der Waals surface area contributed by atoms with E-state index in [0.717, 1.165) is 56.8 Å². The minimum Gasteiger partial charge on any atom is -0.493 e. The predicted octanol–water partition coefficient (Wildman–Crippen LogP) is 3.45. The van der Waals surface area contributed by atoms with Gasteiger partial charge in [0.1, 0.15) is 0 Å². The highest BCUT2D eigenvalue weighted by Gasteiger charge is 2.20. The Morgan fingerprint density at radius 3 is 1.12 bits per heavy atom. The Balaban J connectivity index is 1.67. The molecule has 0 bridgehead atoms. The van der Waals surface area contributed by atoms with Crippen LogP contribution in [0, 0.1) is 0 Å². The standard InChI is InChI=1S/C25H36N2O6/c1-28-20-12-18(13-21(29-2)24(20)32-5)16-26-8-7-9-27(11-10-26)17-19-14-22(30-3)25(33-6)23(15-19)31-4/h12-15H,7-11,16-17H2,1-6H3. The van der Waals surface area contributed by atoms with Crippen molar-refractivity contribution in [2.45, 2.75) is 19.5 Å². The van der Waals surface area contributed by atoms with Crippen LogP contribution in [-0.2, 0) is 13.1 Å². The second-order valence-electron chi connectivity index (χ2n) is 7.97. The summed E-state index contributed by atoms with van der Waals surface area (Å²) in [5.74, 6) is 3.99. The lowest BCUT2D eigenvalue weighted by molar-refractivity contribution is 0.245. The van der Waals surface area contributed by atoms with Crippen molar-refractivity contribution in [2.75, 3.05) is 68.8 Å². The van der Waals surface area contributed by atoms with Crippen molar-refractivity contribution >= 4 is 0 Å². The van der Waals surface area contributed by atoms with Crippen LogP contribution in [-0.4, -0.2) is 78.6 Å². The molecular formula is C25H36N2O6. The third-order valence-corrected chi connectivity index (χ3v) is 5.94. The fraction of sp³-hybridized carbons (Fsp3) is 0.520. The van der Waals surface area contributed by atoms with Crippen LogP contribution in [0.4, 0.5) is 0 Å². The summed E-state index contributed by atoms with van der Waals surface area (Å²) in [6.07, 6.45) is 1.09. The topological polar surface area (TPSA) is 61.9 Å². The van der Waals surface area contributed by atoms with E-state index < -0.39 is 0 Å². The first-order valence-electron chi connectivity index (χ1n) is 11.1. The highest BCUT2D eigenvalue weighted by atomic mass is 16.5. The molecule has 2 aromatic carbocycles. The van der Waals surface area contributed by atoms with E-state index in [0.29, 0.717) is 34.5 Å². The SMILES string of the molecule is COc1cc(CN2CCCN(Cc3cc(OC)c(OC)c(OC)c3)CC2)cc(OC)c1OC. The van der Waals surface area contributed by atoms with E-state index in [2.05, 4.69) is 9.80 Å². The molecule has 182 valence electrons. The number of hydrogen-bond donors (Lipinski definition) is 0. The molecule has 0 aromatic heterocycles. The molecule has 3 rings (SSSR count). The maximum Gasteiger partial charge on any atom is 0.203 e. The predicted molar refractivity (Wildman–Crippen MR) is 127 cm³/mol. The second kappa shape index (κ2) is 11.9. The third kappa shape index (κ3) is 5.94. The zero-order valence-electron chi connectivity index (χ0n) is 20.6. The van der Waals surface area contributed by atoms with Crippen LogP contribution >= 0.6 is 0 Å². The molecule has 0 atom stereocenters. The molecular weight excluding hydrogens is 424 g/mol. The van der Waals surface area contributed by atoms with E-state index in [9.17, 15) is 0 Å². The summed E-state index contributed by atoms with van der Waals surface area (Å²) in [5.41, 5.74) is 2.28. The Morgan fingerprint density at radius 2 is 0.848 bits per heavy atom. The van der Waals surface area contributed by atoms with Gasteiger partial charge in [-0.05, 0) is 54.9 Å². The molecule has 1 aliphatic rings. The number of rotatable bonds is 10. The number of methoxy groups -OCH3 is 6. The minimum atomic E-state index is 0.621. The van der Waals surface area contributed by atoms with E-state index in [1.54, 1.807) is 42.7 Å². The summed E-state index contributed by atoms with van der Waals surface area (Å²) < 4.78 is 32.9. The molecule has 0 amide bonds. The normalized spacial score (nSPS) is 15.0. The largest absolute Gasteiger partial charge is 0.493 e. The molecule has 1 saturated heterocycles. The van der Waals surface area contributed by atoms with Crippen molar-refractivity contribution < 1.29 is 28.4 Å². The first kappa shape index (κ1) is 24.8. The van der Waals surface area contributed by atoms with Gasteiger partial charge in [0.15, 0.2) is 23.0 Å². The van der Waals surface area contributed by atoms with Gasteiger partial charge in [0.05, 0.1) is 42.7 Å². The van der Waals surface area contributed by atoms with Crippen LogP contribution in [0.2, 0.25) is 0 Å². The molecule has 0 radical (unpaired) electrons. The monoisotopic (exact) mass is 460 g/mol. The molecule has 8 heteroatoms. The number of ether oxygens (including phenoxy) is 6. The van der Waals surface area contributed by atoms with E-state index in [-0.39, 0.29) is 0 Å². The van der Waals surface area contributed by atoms with Crippen LogP contribution in [0.3, 0.4) is 0 Å². The smallest absolute Gasteiger partial charge is 0.203 e. The first-order valence-corrected chi connectivity index (χ1v) is 11.1. The Bertz CT molecular complexity index is 796. The van der Waals surface area contributed by atoms with Crippen LogP contribution in [0.15, 0.2) is 24.3 Å². The molecule has 33 heavy (non-hydrogen) atoms. The van der Waals surface area contributed by atoms with Gasteiger partial charge in [0.2, 0.25) is 11.5 Å². The molecule has 0 saturated carbocycles. The van der Waals surface area contributed by atoms with E-state index >= 15 is 0 Å². The van der Waals surface area contributed by atoms with Gasteiger partial charge in [-0.2, -0.15) is 0 Å². The highest BCUT2D eigenvalue weighted by Crippen LogP contribution is 2.39. The fourth-order valence-corrected chi connectivity index (χ4v) is 4.31. The Morgan fingerprint density at radius 1 is 0.515 bits per heavy atom. The van der Waals surface area contributed by atoms with Crippen LogP contribution in [0.1, 0.15) is 17.5 Å². The lowest BCUT2D eigenvalue weighted by Gasteiger charge is -2.23. The van der Waals surface area contributed by atoms with Crippen LogP contribution < -0.4 is 28.4 Å². The Hall–Kier alpha value is -2.84. The lowest BCUT2D eigenvalue weighted by atomic mass is 10.1. The zero-order chi connectivity index (χ0) is 23.8. The van der Waals surface area contributed by atoms with Crippen LogP contribution in [0.5, 0.6) is 34.5 Å². The molecule has 8 nitrogen and oxygen atoms in total. The fourth-order valence-electron chi connectivity index (χ4n) is 4.31. The van der Waals surface area contributed by atoms with Crippen LogP contribution in [0.25, 0.3) is 0 Å². The number of benzene rings is 2. The molecule has 2 aromatic rings. The maximum atomic E-state index is 5.51. The number of nitrogens with zero attached hydrogens (tertiary/aromatic N) is 2. The number of hydrogen-bond acceptors (Lipinski definition) is 8. The molecule has 1 fully saturated rings. The van der Waals surface area contributed by atoms with Gasteiger partial charge >= 0.3 is 0 Å². The van der Waals surface area contributed by atoms with Crippen molar-refractivity contribution in [2.24, 2.45) is 0 Å². The molecule has 0 unspecified atom stereocenters. The summed E-state index contributed by atoms with van der Waals surface area (Å²) in [6, 6.07) is 8.11.